The summed E-state index contributed by atoms with van der Waals surface area (Å²) in [6, 6.07) is 4.17. The molecule has 7 nitrogen and oxygen atoms in total. The van der Waals surface area contributed by atoms with Gasteiger partial charge in [0, 0.05) is 26.1 Å². The van der Waals surface area contributed by atoms with Crippen LogP contribution in [0, 0.1) is 5.92 Å². The minimum Gasteiger partial charge on any atom is -0.468 e. The number of amides is 1. The Morgan fingerprint density at radius 3 is 2.60 bits per heavy atom. The van der Waals surface area contributed by atoms with E-state index in [1.807, 2.05) is 6.07 Å². The van der Waals surface area contributed by atoms with Gasteiger partial charge in [0.1, 0.15) is 5.76 Å². The van der Waals surface area contributed by atoms with E-state index in [1.54, 1.807) is 6.26 Å². The fourth-order valence-corrected chi connectivity index (χ4v) is 4.55. The van der Waals surface area contributed by atoms with E-state index < -0.39 is 0 Å². The molecular formula is C23H39N5O2. The van der Waals surface area contributed by atoms with Crippen molar-refractivity contribution in [2.75, 3.05) is 39.3 Å². The van der Waals surface area contributed by atoms with Crippen LogP contribution in [0.3, 0.4) is 0 Å². The molecule has 3 rings (SSSR count). The Labute approximate surface area is 181 Å². The second-order valence-electron chi connectivity index (χ2n) is 8.48. The fourth-order valence-electron chi connectivity index (χ4n) is 4.55. The van der Waals surface area contributed by atoms with Gasteiger partial charge in [0.05, 0.1) is 18.8 Å². The van der Waals surface area contributed by atoms with E-state index in [-0.39, 0.29) is 11.9 Å². The lowest BCUT2D eigenvalue weighted by atomic mass is 10.0. The molecule has 0 radical (unpaired) electrons. The molecular weight excluding hydrogens is 378 g/mol. The molecule has 0 spiro atoms. The van der Waals surface area contributed by atoms with Gasteiger partial charge in [-0.1, -0.05) is 19.3 Å². The van der Waals surface area contributed by atoms with E-state index in [0.717, 1.165) is 31.4 Å². The molecule has 1 unspecified atom stereocenters. The SMILES string of the molecule is CCNC(=NCC(c1ccco1)N1CCCCC1)NCCNC(=O)CC1CCCC1. The molecule has 0 bridgehead atoms. The molecule has 1 aliphatic heterocycles. The predicted molar refractivity (Wildman–Crippen MR) is 120 cm³/mol. The van der Waals surface area contributed by atoms with E-state index >= 15 is 0 Å². The zero-order valence-electron chi connectivity index (χ0n) is 18.5. The largest absolute Gasteiger partial charge is 0.468 e. The number of carbonyl (C=O) groups excluding carboxylic acids is 1. The van der Waals surface area contributed by atoms with Crippen LogP contribution in [-0.2, 0) is 4.79 Å². The highest BCUT2D eigenvalue weighted by molar-refractivity contribution is 5.80. The molecule has 1 aliphatic carbocycles. The van der Waals surface area contributed by atoms with Crippen molar-refractivity contribution in [2.24, 2.45) is 10.9 Å². The molecule has 1 saturated heterocycles. The summed E-state index contributed by atoms with van der Waals surface area (Å²) in [5.41, 5.74) is 0. The minimum atomic E-state index is 0.168. The average Bonchev–Trinajstić information content (AvgIpc) is 3.46. The molecule has 168 valence electrons. The summed E-state index contributed by atoms with van der Waals surface area (Å²) >= 11 is 0. The Balaban J connectivity index is 1.46. The lowest BCUT2D eigenvalue weighted by Crippen LogP contribution is -2.42. The zero-order chi connectivity index (χ0) is 21.0. The number of rotatable bonds is 10. The van der Waals surface area contributed by atoms with Gasteiger partial charge < -0.3 is 20.4 Å². The van der Waals surface area contributed by atoms with Crippen molar-refractivity contribution >= 4 is 11.9 Å². The Morgan fingerprint density at radius 2 is 1.90 bits per heavy atom. The van der Waals surface area contributed by atoms with E-state index in [1.165, 1.54) is 44.9 Å². The maximum atomic E-state index is 12.1. The second kappa shape index (κ2) is 12.6. The molecule has 2 fully saturated rings. The van der Waals surface area contributed by atoms with Crippen molar-refractivity contribution in [3.8, 4) is 0 Å². The summed E-state index contributed by atoms with van der Waals surface area (Å²) in [6.07, 6.45) is 11.2. The first-order chi connectivity index (χ1) is 14.8. The van der Waals surface area contributed by atoms with E-state index in [0.29, 0.717) is 32.0 Å². The molecule has 2 aliphatic rings. The molecule has 1 atom stereocenters. The van der Waals surface area contributed by atoms with Gasteiger partial charge >= 0.3 is 0 Å². The van der Waals surface area contributed by atoms with Crippen LogP contribution in [-0.4, -0.2) is 56.0 Å². The number of piperidine rings is 1. The summed E-state index contributed by atoms with van der Waals surface area (Å²) < 4.78 is 5.72. The number of carbonyl (C=O) groups is 1. The highest BCUT2D eigenvalue weighted by Crippen LogP contribution is 2.27. The molecule has 1 saturated carbocycles. The zero-order valence-corrected chi connectivity index (χ0v) is 18.5. The second-order valence-corrected chi connectivity index (χ2v) is 8.48. The van der Waals surface area contributed by atoms with Crippen molar-refractivity contribution in [3.05, 3.63) is 24.2 Å². The van der Waals surface area contributed by atoms with Gasteiger partial charge in [-0.15, -0.1) is 0 Å². The van der Waals surface area contributed by atoms with Crippen LogP contribution in [0.2, 0.25) is 0 Å². The first-order valence-electron chi connectivity index (χ1n) is 11.8. The number of guanidine groups is 1. The van der Waals surface area contributed by atoms with Crippen LogP contribution < -0.4 is 16.0 Å². The normalized spacial score (nSPS) is 19.6. The maximum Gasteiger partial charge on any atom is 0.220 e. The summed E-state index contributed by atoms with van der Waals surface area (Å²) in [5.74, 6) is 2.53. The third-order valence-electron chi connectivity index (χ3n) is 6.16. The fraction of sp³-hybridized carbons (Fsp3) is 0.739. The molecule has 30 heavy (non-hydrogen) atoms. The van der Waals surface area contributed by atoms with Crippen LogP contribution in [0.5, 0.6) is 0 Å². The smallest absolute Gasteiger partial charge is 0.220 e. The standard InChI is InChI=1S/C23H39N5O2/c1-2-24-23(26-13-12-25-22(29)17-19-9-4-5-10-19)27-18-20(21-11-8-16-30-21)28-14-6-3-7-15-28/h8,11,16,19-20H,2-7,9-10,12-15,17-18H2,1H3,(H,25,29)(H2,24,26,27). The first-order valence-corrected chi connectivity index (χ1v) is 11.8. The van der Waals surface area contributed by atoms with Crippen molar-refractivity contribution in [2.45, 2.75) is 64.3 Å². The van der Waals surface area contributed by atoms with Crippen LogP contribution >= 0.6 is 0 Å². The van der Waals surface area contributed by atoms with Crippen LogP contribution in [0.1, 0.15) is 70.1 Å². The predicted octanol–water partition coefficient (Wildman–Crippen LogP) is 3.06. The van der Waals surface area contributed by atoms with Gasteiger partial charge in [-0.05, 0) is 63.7 Å². The minimum absolute atomic E-state index is 0.168. The number of hydrogen-bond acceptors (Lipinski definition) is 4. The van der Waals surface area contributed by atoms with Gasteiger partial charge in [0.15, 0.2) is 5.96 Å². The topological polar surface area (TPSA) is 81.9 Å². The van der Waals surface area contributed by atoms with Crippen molar-refractivity contribution in [1.82, 2.24) is 20.9 Å². The third-order valence-corrected chi connectivity index (χ3v) is 6.16. The molecule has 0 aromatic carbocycles. The average molecular weight is 418 g/mol. The number of likely N-dealkylation sites (tertiary alicyclic amines) is 1. The van der Waals surface area contributed by atoms with Gasteiger partial charge in [0.2, 0.25) is 5.91 Å². The number of hydrogen-bond donors (Lipinski definition) is 3. The highest BCUT2D eigenvalue weighted by Gasteiger charge is 2.24. The molecule has 1 aromatic heterocycles. The van der Waals surface area contributed by atoms with E-state index in [9.17, 15) is 4.79 Å². The van der Waals surface area contributed by atoms with Crippen molar-refractivity contribution in [1.29, 1.82) is 0 Å². The molecule has 7 heteroatoms. The molecule has 1 amide bonds. The van der Waals surface area contributed by atoms with Gasteiger partial charge in [0.25, 0.3) is 0 Å². The van der Waals surface area contributed by atoms with Crippen LogP contribution in [0.4, 0.5) is 0 Å². The van der Waals surface area contributed by atoms with E-state index in [2.05, 4.69) is 33.8 Å². The number of furan rings is 1. The third kappa shape index (κ3) is 7.35. The Hall–Kier alpha value is -2.02. The number of nitrogens with zero attached hydrogens (tertiary/aromatic N) is 2. The van der Waals surface area contributed by atoms with Gasteiger partial charge in [-0.2, -0.15) is 0 Å². The summed E-state index contributed by atoms with van der Waals surface area (Å²) in [4.78, 5) is 19.4. The van der Waals surface area contributed by atoms with Crippen molar-refractivity contribution in [3.63, 3.8) is 0 Å². The Morgan fingerprint density at radius 1 is 1.13 bits per heavy atom. The Bertz CT molecular complexity index is 634. The lowest BCUT2D eigenvalue weighted by molar-refractivity contribution is -0.121. The monoisotopic (exact) mass is 417 g/mol. The number of nitrogens with one attached hydrogen (secondary N) is 3. The quantitative estimate of drug-likeness (QED) is 0.310. The van der Waals surface area contributed by atoms with Gasteiger partial charge in [-0.25, -0.2) is 0 Å². The summed E-state index contributed by atoms with van der Waals surface area (Å²) in [5, 5.41) is 9.70. The summed E-state index contributed by atoms with van der Waals surface area (Å²) in [6.45, 7) is 6.98. The van der Waals surface area contributed by atoms with Gasteiger partial charge in [-0.3, -0.25) is 14.7 Å². The highest BCUT2D eigenvalue weighted by atomic mass is 16.3. The Kier molecular flexibility index (Phi) is 9.54. The van der Waals surface area contributed by atoms with E-state index in [4.69, 9.17) is 9.41 Å². The number of aliphatic imine (C=N–C) groups is 1. The molecule has 1 aromatic rings. The van der Waals surface area contributed by atoms with Crippen LogP contribution in [0.25, 0.3) is 0 Å². The molecule has 2 heterocycles. The molecule has 3 N–H and O–H groups in total. The maximum absolute atomic E-state index is 12.1. The summed E-state index contributed by atoms with van der Waals surface area (Å²) in [7, 11) is 0. The first kappa shape index (κ1) is 22.7. The van der Waals surface area contributed by atoms with Crippen LogP contribution in [0.15, 0.2) is 27.8 Å². The van der Waals surface area contributed by atoms with Crippen molar-refractivity contribution < 1.29 is 9.21 Å². The lowest BCUT2D eigenvalue weighted by Gasteiger charge is -2.32.